The molecule has 3 N–H and O–H groups in total. The molecule has 0 unspecified atom stereocenters. The summed E-state index contributed by atoms with van der Waals surface area (Å²) in [6.07, 6.45) is -4.05. The monoisotopic (exact) mass is 476 g/mol. The van der Waals surface area contributed by atoms with Crippen molar-refractivity contribution in [2.75, 3.05) is 18.1 Å². The maximum Gasteiger partial charge on any atom is 0.417 e. The number of hydrogen-bond donors (Lipinski definition) is 3. The molecule has 0 aliphatic carbocycles. The fourth-order valence-electron chi connectivity index (χ4n) is 2.88. The molecule has 0 bridgehead atoms. The SMILES string of the molecule is CN1C(=N)N[C@](C)(c2nc(NC(=O)c3ccc(C(F)(F)F)cn3)ccc2Cl)CS1(=O)=O. The van der Waals surface area contributed by atoms with E-state index >= 15 is 0 Å². The molecule has 1 fully saturated rings. The second kappa shape index (κ2) is 7.64. The summed E-state index contributed by atoms with van der Waals surface area (Å²) in [4.78, 5) is 20.1. The number of sulfonamides is 1. The van der Waals surface area contributed by atoms with Gasteiger partial charge in [0.05, 0.1) is 27.6 Å². The van der Waals surface area contributed by atoms with Gasteiger partial charge in [0.2, 0.25) is 16.0 Å². The zero-order valence-electron chi connectivity index (χ0n) is 16.1. The number of alkyl halides is 3. The lowest BCUT2D eigenvalue weighted by atomic mass is 9.99. The van der Waals surface area contributed by atoms with E-state index in [1.165, 1.54) is 26.1 Å². The molecule has 1 atom stereocenters. The molecule has 1 saturated heterocycles. The van der Waals surface area contributed by atoms with Gasteiger partial charge in [-0.2, -0.15) is 13.2 Å². The van der Waals surface area contributed by atoms with E-state index in [9.17, 15) is 26.4 Å². The van der Waals surface area contributed by atoms with Gasteiger partial charge in [-0.05, 0) is 31.2 Å². The van der Waals surface area contributed by atoms with E-state index in [1.54, 1.807) is 0 Å². The highest BCUT2D eigenvalue weighted by atomic mass is 35.5. The Labute approximate surface area is 180 Å². The molecule has 2 aromatic rings. The zero-order valence-corrected chi connectivity index (χ0v) is 17.7. The van der Waals surface area contributed by atoms with Crippen molar-refractivity contribution in [2.45, 2.75) is 18.6 Å². The molecule has 0 aromatic carbocycles. The van der Waals surface area contributed by atoms with Crippen molar-refractivity contribution < 1.29 is 26.4 Å². The van der Waals surface area contributed by atoms with Gasteiger partial charge < -0.3 is 10.6 Å². The van der Waals surface area contributed by atoms with Crippen molar-refractivity contribution in [1.82, 2.24) is 19.6 Å². The number of amides is 1. The first-order valence-electron chi connectivity index (χ1n) is 8.58. The smallest absolute Gasteiger partial charge is 0.344 e. The maximum atomic E-state index is 12.6. The lowest BCUT2D eigenvalue weighted by Gasteiger charge is -2.39. The summed E-state index contributed by atoms with van der Waals surface area (Å²) < 4.78 is 63.4. The van der Waals surface area contributed by atoms with Crippen molar-refractivity contribution >= 4 is 39.3 Å². The van der Waals surface area contributed by atoms with Crippen LogP contribution in [0.1, 0.15) is 28.7 Å². The lowest BCUT2D eigenvalue weighted by Crippen LogP contribution is -2.61. The number of carbonyl (C=O) groups excluding carboxylic acids is 1. The van der Waals surface area contributed by atoms with Crippen LogP contribution in [0, 0.1) is 5.41 Å². The minimum atomic E-state index is -4.58. The average molecular weight is 477 g/mol. The zero-order chi connectivity index (χ0) is 23.2. The second-order valence-corrected chi connectivity index (χ2v) is 9.35. The van der Waals surface area contributed by atoms with Crippen LogP contribution in [0.15, 0.2) is 30.5 Å². The normalized spacial score (nSPS) is 20.8. The molecule has 1 aliphatic heterocycles. The molecule has 0 spiro atoms. The standard InChI is InChI=1S/C17H16ClF3N6O3S/c1-16(8-31(29,30)27(2)15(22)26-16)13-10(18)4-6-12(24-13)25-14(28)11-5-3-9(7-23-11)17(19,20)21/h3-7H,8H2,1-2H3,(H2,22,26)(H,24,25,28)/t16-/m0/s1. The minimum Gasteiger partial charge on any atom is -0.344 e. The molecule has 14 heteroatoms. The molecule has 3 heterocycles. The van der Waals surface area contributed by atoms with Crippen LogP contribution in [0.4, 0.5) is 19.0 Å². The molecule has 166 valence electrons. The van der Waals surface area contributed by atoms with Crippen LogP contribution >= 0.6 is 11.6 Å². The first-order chi connectivity index (χ1) is 14.2. The highest BCUT2D eigenvalue weighted by Crippen LogP contribution is 2.32. The van der Waals surface area contributed by atoms with Gasteiger partial charge in [-0.3, -0.25) is 15.2 Å². The number of anilines is 1. The van der Waals surface area contributed by atoms with Crippen molar-refractivity contribution in [2.24, 2.45) is 0 Å². The Kier molecular flexibility index (Phi) is 5.61. The van der Waals surface area contributed by atoms with Crippen molar-refractivity contribution in [3.05, 3.63) is 52.4 Å². The van der Waals surface area contributed by atoms with E-state index in [0.29, 0.717) is 6.20 Å². The van der Waals surface area contributed by atoms with Gasteiger partial charge in [0, 0.05) is 13.2 Å². The summed E-state index contributed by atoms with van der Waals surface area (Å²) in [7, 11) is -2.59. The first kappa shape index (κ1) is 22.7. The summed E-state index contributed by atoms with van der Waals surface area (Å²) in [5.74, 6) is -1.69. The Hall–Kier alpha value is -2.93. The van der Waals surface area contributed by atoms with Gasteiger partial charge in [0.15, 0.2) is 0 Å². The molecule has 9 nitrogen and oxygen atoms in total. The van der Waals surface area contributed by atoms with Crippen LogP contribution in [0.25, 0.3) is 0 Å². The number of nitrogens with zero attached hydrogens (tertiary/aromatic N) is 3. The highest BCUT2D eigenvalue weighted by Gasteiger charge is 2.44. The quantitative estimate of drug-likeness (QED) is 0.624. The van der Waals surface area contributed by atoms with Crippen LogP contribution in [0.2, 0.25) is 5.02 Å². The van der Waals surface area contributed by atoms with Gasteiger partial charge in [0.1, 0.15) is 11.5 Å². The highest BCUT2D eigenvalue weighted by molar-refractivity contribution is 7.89. The number of halogens is 4. The molecule has 0 saturated carbocycles. The number of rotatable bonds is 3. The Morgan fingerprint density at radius 2 is 2.00 bits per heavy atom. The van der Waals surface area contributed by atoms with Gasteiger partial charge in [0.25, 0.3) is 5.91 Å². The van der Waals surface area contributed by atoms with E-state index in [0.717, 1.165) is 16.4 Å². The van der Waals surface area contributed by atoms with Crippen LogP contribution in [-0.2, 0) is 21.7 Å². The molecular weight excluding hydrogens is 461 g/mol. The van der Waals surface area contributed by atoms with Gasteiger partial charge in [-0.15, -0.1) is 0 Å². The fourth-order valence-corrected chi connectivity index (χ4v) is 4.65. The number of guanidine groups is 1. The fraction of sp³-hybridized carbons (Fsp3) is 0.294. The van der Waals surface area contributed by atoms with Crippen LogP contribution in [-0.4, -0.2) is 47.4 Å². The van der Waals surface area contributed by atoms with Crippen LogP contribution in [0.5, 0.6) is 0 Å². The van der Waals surface area contributed by atoms with Crippen molar-refractivity contribution in [3.8, 4) is 0 Å². The second-order valence-electron chi connectivity index (χ2n) is 6.94. The number of nitrogens with one attached hydrogen (secondary N) is 3. The molecular formula is C17H16ClF3N6O3S. The molecule has 0 radical (unpaired) electrons. The van der Waals surface area contributed by atoms with Crippen molar-refractivity contribution in [1.29, 1.82) is 5.41 Å². The van der Waals surface area contributed by atoms with Gasteiger partial charge in [-0.25, -0.2) is 17.7 Å². The van der Waals surface area contributed by atoms with E-state index in [4.69, 9.17) is 17.0 Å². The number of carbonyl (C=O) groups is 1. The summed E-state index contributed by atoms with van der Waals surface area (Å²) in [5, 5.41) is 13.1. The third-order valence-electron chi connectivity index (χ3n) is 4.53. The minimum absolute atomic E-state index is 0.0306. The molecule has 31 heavy (non-hydrogen) atoms. The Balaban J connectivity index is 1.88. The average Bonchev–Trinajstić information content (AvgIpc) is 2.66. The number of pyridine rings is 2. The van der Waals surface area contributed by atoms with Crippen LogP contribution in [0.3, 0.4) is 0 Å². The number of hydrogen-bond acceptors (Lipinski definition) is 6. The largest absolute Gasteiger partial charge is 0.417 e. The predicted molar refractivity (Wildman–Crippen MR) is 106 cm³/mol. The van der Waals surface area contributed by atoms with Gasteiger partial charge >= 0.3 is 6.18 Å². The number of aromatic nitrogens is 2. The lowest BCUT2D eigenvalue weighted by molar-refractivity contribution is -0.137. The Morgan fingerprint density at radius 3 is 2.55 bits per heavy atom. The molecule has 1 aliphatic rings. The summed E-state index contributed by atoms with van der Waals surface area (Å²) in [6, 6.07) is 4.36. The van der Waals surface area contributed by atoms with Crippen molar-refractivity contribution in [3.63, 3.8) is 0 Å². The molecule has 1 amide bonds. The summed E-state index contributed by atoms with van der Waals surface area (Å²) in [5.41, 5.74) is -2.58. The Bertz CT molecular complexity index is 1160. The van der Waals surface area contributed by atoms with E-state index in [-0.39, 0.29) is 28.2 Å². The molecule has 2 aromatic heterocycles. The van der Waals surface area contributed by atoms with E-state index in [1.807, 2.05) is 0 Å². The summed E-state index contributed by atoms with van der Waals surface area (Å²) >= 11 is 6.20. The van der Waals surface area contributed by atoms with Crippen LogP contribution < -0.4 is 10.6 Å². The topological polar surface area (TPSA) is 128 Å². The third-order valence-corrected chi connectivity index (χ3v) is 6.80. The van der Waals surface area contributed by atoms with Gasteiger partial charge in [-0.1, -0.05) is 11.6 Å². The molecule has 3 rings (SSSR count). The van der Waals surface area contributed by atoms with E-state index in [2.05, 4.69) is 20.6 Å². The maximum absolute atomic E-state index is 12.6. The predicted octanol–water partition coefficient (Wildman–Crippen LogP) is 2.42. The summed E-state index contributed by atoms with van der Waals surface area (Å²) in [6.45, 7) is 1.49. The first-order valence-corrected chi connectivity index (χ1v) is 10.6. The Morgan fingerprint density at radius 1 is 1.32 bits per heavy atom. The third kappa shape index (κ3) is 4.56. The van der Waals surface area contributed by atoms with E-state index < -0.39 is 39.0 Å².